The predicted octanol–water partition coefficient (Wildman–Crippen LogP) is 1.20. The van der Waals surface area contributed by atoms with Gasteiger partial charge in [0, 0.05) is 25.9 Å². The molecule has 15 heavy (non-hydrogen) atoms. The van der Waals surface area contributed by atoms with Crippen LogP contribution in [0, 0.1) is 6.92 Å². The van der Waals surface area contributed by atoms with Crippen molar-refractivity contribution in [3.8, 4) is 0 Å². The first-order chi connectivity index (χ1) is 7.20. The van der Waals surface area contributed by atoms with Gasteiger partial charge in [-0.15, -0.1) is 0 Å². The number of hydrogen-bond acceptors (Lipinski definition) is 4. The Morgan fingerprint density at radius 3 is 3.00 bits per heavy atom. The molecule has 1 saturated heterocycles. The highest BCUT2D eigenvalue weighted by Gasteiger charge is 2.24. The molecule has 0 radical (unpaired) electrons. The highest BCUT2D eigenvalue weighted by molar-refractivity contribution is 5.63. The number of hydrogen-bond donors (Lipinski definition) is 1. The van der Waals surface area contributed by atoms with Crippen LogP contribution < -0.4 is 10.6 Å². The quantitative estimate of drug-likeness (QED) is 0.791. The van der Waals surface area contributed by atoms with Gasteiger partial charge in [-0.2, -0.15) is 0 Å². The van der Waals surface area contributed by atoms with Crippen molar-refractivity contribution in [3.05, 3.63) is 17.8 Å². The molecule has 1 unspecified atom stereocenters. The number of ether oxygens (including phenoxy) is 1. The van der Waals surface area contributed by atoms with Crippen LogP contribution in [-0.2, 0) is 4.74 Å². The van der Waals surface area contributed by atoms with E-state index >= 15 is 0 Å². The van der Waals surface area contributed by atoms with E-state index in [1.54, 1.807) is 7.11 Å². The van der Waals surface area contributed by atoms with Gasteiger partial charge in [-0.25, -0.2) is 4.98 Å². The third-order valence-corrected chi connectivity index (χ3v) is 2.82. The van der Waals surface area contributed by atoms with Gasteiger partial charge in [-0.1, -0.05) is 0 Å². The normalized spacial score (nSPS) is 20.9. The minimum Gasteiger partial charge on any atom is -0.396 e. The molecule has 4 heteroatoms. The average molecular weight is 207 g/mol. The maximum absolute atomic E-state index is 5.91. The first-order valence-corrected chi connectivity index (χ1v) is 5.21. The van der Waals surface area contributed by atoms with Gasteiger partial charge < -0.3 is 15.4 Å². The minimum atomic E-state index is 0.312. The third kappa shape index (κ3) is 2.04. The van der Waals surface area contributed by atoms with Gasteiger partial charge in [-0.05, 0) is 25.5 Å². The first kappa shape index (κ1) is 10.2. The van der Waals surface area contributed by atoms with E-state index in [9.17, 15) is 0 Å². The van der Waals surface area contributed by atoms with Crippen molar-refractivity contribution in [3.63, 3.8) is 0 Å². The van der Waals surface area contributed by atoms with Crippen molar-refractivity contribution in [1.29, 1.82) is 0 Å². The number of anilines is 2. The molecule has 1 fully saturated rings. The van der Waals surface area contributed by atoms with Gasteiger partial charge in [0.1, 0.15) is 0 Å². The van der Waals surface area contributed by atoms with Crippen molar-refractivity contribution in [2.45, 2.75) is 19.4 Å². The van der Waals surface area contributed by atoms with E-state index in [2.05, 4.69) is 9.88 Å². The largest absolute Gasteiger partial charge is 0.396 e. The van der Waals surface area contributed by atoms with E-state index in [1.807, 2.05) is 19.1 Å². The summed E-state index contributed by atoms with van der Waals surface area (Å²) in [6.07, 6.45) is 1.36. The predicted molar refractivity (Wildman–Crippen MR) is 61.0 cm³/mol. The van der Waals surface area contributed by atoms with Crippen LogP contribution in [0.1, 0.15) is 12.1 Å². The van der Waals surface area contributed by atoms with E-state index in [0.717, 1.165) is 36.7 Å². The Labute approximate surface area is 90.0 Å². The van der Waals surface area contributed by atoms with E-state index in [0.29, 0.717) is 6.10 Å². The van der Waals surface area contributed by atoms with Crippen LogP contribution in [0.25, 0.3) is 0 Å². The molecule has 0 amide bonds. The monoisotopic (exact) mass is 207 g/mol. The number of rotatable bonds is 2. The molecule has 1 aromatic rings. The number of nitrogens with zero attached hydrogens (tertiary/aromatic N) is 2. The molecule has 0 aliphatic carbocycles. The summed E-state index contributed by atoms with van der Waals surface area (Å²) >= 11 is 0. The Hall–Kier alpha value is -1.29. The van der Waals surface area contributed by atoms with Crippen LogP contribution in [-0.4, -0.2) is 31.3 Å². The number of nitrogens with two attached hydrogens (primary N) is 1. The number of pyridine rings is 1. The maximum Gasteiger partial charge on any atom is 0.152 e. The molecule has 82 valence electrons. The molecule has 0 spiro atoms. The molecular weight excluding hydrogens is 190 g/mol. The fourth-order valence-electron chi connectivity index (χ4n) is 1.92. The SMILES string of the molecule is COC1CCN(c2nc(C)ccc2N)C1. The average Bonchev–Trinajstić information content (AvgIpc) is 2.70. The third-order valence-electron chi connectivity index (χ3n) is 2.82. The Morgan fingerprint density at radius 2 is 2.33 bits per heavy atom. The highest BCUT2D eigenvalue weighted by atomic mass is 16.5. The summed E-state index contributed by atoms with van der Waals surface area (Å²) in [4.78, 5) is 6.66. The molecule has 1 aliphatic heterocycles. The van der Waals surface area contributed by atoms with Gasteiger partial charge in [0.25, 0.3) is 0 Å². The standard InChI is InChI=1S/C11H17N3O/c1-8-3-4-10(12)11(13-8)14-6-5-9(7-14)15-2/h3-4,9H,5-7,12H2,1-2H3. The molecule has 0 bridgehead atoms. The Morgan fingerprint density at radius 1 is 1.53 bits per heavy atom. The smallest absolute Gasteiger partial charge is 0.152 e. The summed E-state index contributed by atoms with van der Waals surface area (Å²) in [5, 5.41) is 0. The van der Waals surface area contributed by atoms with Crippen LogP contribution in [0.5, 0.6) is 0 Å². The number of nitrogen functional groups attached to an aromatic ring is 1. The maximum atomic E-state index is 5.91. The number of methoxy groups -OCH3 is 1. The molecule has 1 atom stereocenters. The molecule has 2 heterocycles. The van der Waals surface area contributed by atoms with Crippen LogP contribution in [0.2, 0.25) is 0 Å². The van der Waals surface area contributed by atoms with Crippen LogP contribution in [0.3, 0.4) is 0 Å². The van der Waals surface area contributed by atoms with Crippen molar-refractivity contribution >= 4 is 11.5 Å². The fourth-order valence-corrected chi connectivity index (χ4v) is 1.92. The molecule has 1 aliphatic rings. The van der Waals surface area contributed by atoms with Gasteiger partial charge >= 0.3 is 0 Å². The van der Waals surface area contributed by atoms with Gasteiger partial charge in [0.15, 0.2) is 5.82 Å². The highest BCUT2D eigenvalue weighted by Crippen LogP contribution is 2.25. The van der Waals surface area contributed by atoms with Gasteiger partial charge in [0.05, 0.1) is 11.8 Å². The summed E-state index contributed by atoms with van der Waals surface area (Å²) in [6, 6.07) is 3.85. The first-order valence-electron chi connectivity index (χ1n) is 5.21. The van der Waals surface area contributed by atoms with E-state index in [4.69, 9.17) is 10.5 Å². The Kier molecular flexibility index (Phi) is 2.77. The summed E-state index contributed by atoms with van der Waals surface area (Å²) in [5.74, 6) is 0.898. The van der Waals surface area contributed by atoms with Crippen molar-refractivity contribution in [2.24, 2.45) is 0 Å². The van der Waals surface area contributed by atoms with E-state index in [1.165, 1.54) is 0 Å². The Balaban J connectivity index is 2.19. The van der Waals surface area contributed by atoms with Crippen LogP contribution >= 0.6 is 0 Å². The van der Waals surface area contributed by atoms with Crippen molar-refractivity contribution in [2.75, 3.05) is 30.8 Å². The molecule has 1 aromatic heterocycles. The summed E-state index contributed by atoms with van der Waals surface area (Å²) < 4.78 is 5.32. The lowest BCUT2D eigenvalue weighted by molar-refractivity contribution is 0.121. The second-order valence-corrected chi connectivity index (χ2v) is 3.96. The van der Waals surface area contributed by atoms with Crippen LogP contribution in [0.4, 0.5) is 11.5 Å². The molecule has 0 saturated carbocycles. The summed E-state index contributed by atoms with van der Waals surface area (Å²) in [7, 11) is 1.75. The Bertz CT molecular complexity index is 354. The van der Waals surface area contributed by atoms with E-state index in [-0.39, 0.29) is 0 Å². The van der Waals surface area contributed by atoms with Gasteiger partial charge in [0.2, 0.25) is 0 Å². The zero-order chi connectivity index (χ0) is 10.8. The topological polar surface area (TPSA) is 51.4 Å². The molecular formula is C11H17N3O. The lowest BCUT2D eigenvalue weighted by Gasteiger charge is -2.19. The lowest BCUT2D eigenvalue weighted by atomic mass is 10.3. The zero-order valence-electron chi connectivity index (χ0n) is 9.23. The second kappa shape index (κ2) is 4.06. The lowest BCUT2D eigenvalue weighted by Crippen LogP contribution is -2.24. The van der Waals surface area contributed by atoms with Crippen molar-refractivity contribution in [1.82, 2.24) is 4.98 Å². The van der Waals surface area contributed by atoms with Gasteiger partial charge in [-0.3, -0.25) is 0 Å². The number of aromatic nitrogens is 1. The molecule has 0 aromatic carbocycles. The molecule has 2 rings (SSSR count). The van der Waals surface area contributed by atoms with E-state index < -0.39 is 0 Å². The van der Waals surface area contributed by atoms with Crippen LogP contribution in [0.15, 0.2) is 12.1 Å². The molecule has 4 nitrogen and oxygen atoms in total. The fraction of sp³-hybridized carbons (Fsp3) is 0.545. The van der Waals surface area contributed by atoms with Crippen molar-refractivity contribution < 1.29 is 4.74 Å². The minimum absolute atomic E-state index is 0.312. The summed E-state index contributed by atoms with van der Waals surface area (Å²) in [6.45, 7) is 3.84. The molecule has 2 N–H and O–H groups in total. The zero-order valence-corrected chi connectivity index (χ0v) is 9.23. The second-order valence-electron chi connectivity index (χ2n) is 3.96. The number of aryl methyl sites for hydroxylation is 1. The summed E-state index contributed by atoms with van der Waals surface area (Å²) in [5.41, 5.74) is 7.66.